The van der Waals surface area contributed by atoms with Gasteiger partial charge >= 0.3 is 7.60 Å². The van der Waals surface area contributed by atoms with Crippen LogP contribution in [0, 0.1) is 5.41 Å². The summed E-state index contributed by atoms with van der Waals surface area (Å²) in [5.41, 5.74) is 0.0164. The van der Waals surface area contributed by atoms with Crippen molar-refractivity contribution >= 4 is 24.5 Å². The predicted molar refractivity (Wildman–Crippen MR) is 115 cm³/mol. The molecule has 0 N–H and O–H groups in total. The van der Waals surface area contributed by atoms with E-state index in [2.05, 4.69) is 0 Å². The molecule has 0 aromatic heterocycles. The van der Waals surface area contributed by atoms with Gasteiger partial charge in [-0.25, -0.2) is 0 Å². The second-order valence-corrected chi connectivity index (χ2v) is 9.66. The van der Waals surface area contributed by atoms with Crippen LogP contribution in [0.1, 0.15) is 56.5 Å². The molecule has 2 aromatic rings. The number of hydrogen-bond donors (Lipinski definition) is 0. The molecule has 2 rings (SSSR count). The van der Waals surface area contributed by atoms with E-state index in [9.17, 15) is 14.2 Å². The van der Waals surface area contributed by atoms with Crippen molar-refractivity contribution in [2.75, 3.05) is 13.2 Å². The van der Waals surface area contributed by atoms with Gasteiger partial charge in [0.1, 0.15) is 5.92 Å². The quantitative estimate of drug-likeness (QED) is 0.321. The normalized spacial score (nSPS) is 13.1. The van der Waals surface area contributed by atoms with Crippen LogP contribution in [0.25, 0.3) is 0 Å². The Labute approximate surface area is 173 Å². The van der Waals surface area contributed by atoms with Gasteiger partial charge in [-0.05, 0) is 25.5 Å². The molecular formula is C23H29O5P. The fraction of sp³-hybridized carbons (Fsp3) is 0.391. The van der Waals surface area contributed by atoms with E-state index in [1.807, 2.05) is 6.07 Å². The fourth-order valence-electron chi connectivity index (χ4n) is 3.10. The second-order valence-electron chi connectivity index (χ2n) is 7.67. The van der Waals surface area contributed by atoms with Crippen molar-refractivity contribution in [3.8, 4) is 0 Å². The Morgan fingerprint density at radius 2 is 1.41 bits per heavy atom. The van der Waals surface area contributed by atoms with Crippen LogP contribution < -0.4 is 5.30 Å². The average molecular weight is 416 g/mol. The zero-order chi connectivity index (χ0) is 21.7. The van der Waals surface area contributed by atoms with Crippen LogP contribution in [0.15, 0.2) is 54.6 Å². The van der Waals surface area contributed by atoms with Gasteiger partial charge < -0.3 is 9.05 Å². The van der Waals surface area contributed by atoms with Gasteiger partial charge in [0.2, 0.25) is 0 Å². The summed E-state index contributed by atoms with van der Waals surface area (Å²) in [6.45, 7) is 9.12. The molecule has 29 heavy (non-hydrogen) atoms. The van der Waals surface area contributed by atoms with Crippen LogP contribution in [0.4, 0.5) is 0 Å². The minimum Gasteiger partial charge on any atom is -0.305 e. The molecule has 0 bridgehead atoms. The summed E-state index contributed by atoms with van der Waals surface area (Å²) in [5.74, 6) is -1.70. The maximum Gasteiger partial charge on any atom is 0.361 e. The van der Waals surface area contributed by atoms with Gasteiger partial charge in [-0.1, -0.05) is 69.3 Å². The van der Waals surface area contributed by atoms with Crippen molar-refractivity contribution in [3.05, 3.63) is 65.7 Å². The Morgan fingerprint density at radius 1 is 0.897 bits per heavy atom. The van der Waals surface area contributed by atoms with Gasteiger partial charge in [-0.3, -0.25) is 14.2 Å². The van der Waals surface area contributed by atoms with Gasteiger partial charge in [0.15, 0.2) is 11.6 Å². The molecule has 0 heterocycles. The third kappa shape index (κ3) is 5.30. The summed E-state index contributed by atoms with van der Waals surface area (Å²) in [6, 6.07) is 15.4. The Kier molecular flexibility index (Phi) is 7.70. The number of benzene rings is 2. The molecule has 156 valence electrons. The van der Waals surface area contributed by atoms with E-state index in [0.717, 1.165) is 0 Å². The molecule has 0 spiro atoms. The van der Waals surface area contributed by atoms with Crippen molar-refractivity contribution in [3.63, 3.8) is 0 Å². The summed E-state index contributed by atoms with van der Waals surface area (Å²) < 4.78 is 24.5. The van der Waals surface area contributed by atoms with Crippen LogP contribution in [0.5, 0.6) is 0 Å². The lowest BCUT2D eigenvalue weighted by Gasteiger charge is -2.27. The van der Waals surface area contributed by atoms with Crippen molar-refractivity contribution in [2.24, 2.45) is 5.41 Å². The lowest BCUT2D eigenvalue weighted by atomic mass is 9.76. The molecule has 5 nitrogen and oxygen atoms in total. The molecule has 0 amide bonds. The summed E-state index contributed by atoms with van der Waals surface area (Å²) in [4.78, 5) is 26.8. The number of rotatable bonds is 9. The van der Waals surface area contributed by atoms with Crippen molar-refractivity contribution in [1.29, 1.82) is 0 Å². The number of hydrogen-bond acceptors (Lipinski definition) is 5. The predicted octanol–water partition coefficient (Wildman–Crippen LogP) is 5.16. The summed E-state index contributed by atoms with van der Waals surface area (Å²) in [7, 11) is -3.69. The number of Topliss-reactive ketones (excluding diaryl/α,β-unsaturated/α-hetero) is 2. The fourth-order valence-corrected chi connectivity index (χ4v) is 4.92. The molecule has 0 aliphatic rings. The molecule has 6 heteroatoms. The van der Waals surface area contributed by atoms with Gasteiger partial charge in [0.05, 0.1) is 18.5 Å². The van der Waals surface area contributed by atoms with Crippen molar-refractivity contribution < 1.29 is 23.2 Å². The van der Waals surface area contributed by atoms with E-state index in [0.29, 0.717) is 11.1 Å². The number of ketones is 2. The smallest absolute Gasteiger partial charge is 0.305 e. The van der Waals surface area contributed by atoms with Crippen LogP contribution in [-0.2, 0) is 18.4 Å². The van der Waals surface area contributed by atoms with Crippen LogP contribution in [-0.4, -0.2) is 24.8 Å². The lowest BCUT2D eigenvalue weighted by molar-refractivity contribution is -0.126. The summed E-state index contributed by atoms with van der Waals surface area (Å²) >= 11 is 0. The molecule has 0 fully saturated rings. The van der Waals surface area contributed by atoms with E-state index < -0.39 is 18.9 Å². The van der Waals surface area contributed by atoms with E-state index in [1.54, 1.807) is 83.1 Å². The molecule has 0 aliphatic heterocycles. The monoisotopic (exact) mass is 416 g/mol. The highest BCUT2D eigenvalue weighted by molar-refractivity contribution is 7.62. The largest absolute Gasteiger partial charge is 0.361 e. The van der Waals surface area contributed by atoms with Gasteiger partial charge in [-0.2, -0.15) is 0 Å². The summed E-state index contributed by atoms with van der Waals surface area (Å²) in [6.07, 6.45) is 0. The highest BCUT2D eigenvalue weighted by atomic mass is 31.2. The highest BCUT2D eigenvalue weighted by Crippen LogP contribution is 2.49. The second kappa shape index (κ2) is 9.62. The Morgan fingerprint density at radius 3 is 1.93 bits per heavy atom. The highest BCUT2D eigenvalue weighted by Gasteiger charge is 2.41. The van der Waals surface area contributed by atoms with E-state index in [1.165, 1.54) is 0 Å². The lowest BCUT2D eigenvalue weighted by Crippen LogP contribution is -2.35. The third-order valence-corrected chi connectivity index (χ3v) is 6.66. The van der Waals surface area contributed by atoms with Gasteiger partial charge in [0.25, 0.3) is 0 Å². The average Bonchev–Trinajstić information content (AvgIpc) is 2.68. The van der Waals surface area contributed by atoms with Gasteiger partial charge in [0, 0.05) is 11.0 Å². The van der Waals surface area contributed by atoms with Crippen molar-refractivity contribution in [1.82, 2.24) is 0 Å². The minimum absolute atomic E-state index is 0.177. The van der Waals surface area contributed by atoms with E-state index in [4.69, 9.17) is 9.05 Å². The molecule has 0 aliphatic carbocycles. The van der Waals surface area contributed by atoms with Crippen LogP contribution in [0.3, 0.4) is 0 Å². The number of carbonyl (C=O) groups excluding carboxylic acids is 2. The third-order valence-electron chi connectivity index (χ3n) is 4.46. The first-order valence-corrected chi connectivity index (χ1v) is 11.3. The molecule has 2 aromatic carbocycles. The van der Waals surface area contributed by atoms with Crippen LogP contribution in [0.2, 0.25) is 0 Å². The molecule has 1 unspecified atom stereocenters. The molecule has 0 radical (unpaired) electrons. The van der Waals surface area contributed by atoms with Crippen LogP contribution >= 0.6 is 7.60 Å². The zero-order valence-corrected chi connectivity index (χ0v) is 18.6. The maximum absolute atomic E-state index is 13.5. The maximum atomic E-state index is 13.5. The standard InChI is InChI=1S/C23H29O5P/c1-6-27-29(26,28-7-2)19-16-12-11-15-18(19)20(22(25)23(3,4)5)21(24)17-13-9-8-10-14-17/h8-16,20H,6-7H2,1-5H3. The molecule has 0 saturated heterocycles. The molecule has 1 atom stereocenters. The first-order chi connectivity index (χ1) is 13.7. The Bertz CT molecular complexity index is 889. The molecule has 0 saturated carbocycles. The van der Waals surface area contributed by atoms with Gasteiger partial charge in [-0.15, -0.1) is 0 Å². The first kappa shape index (κ1) is 23.2. The zero-order valence-electron chi connectivity index (χ0n) is 17.7. The van der Waals surface area contributed by atoms with E-state index in [-0.39, 0.29) is 30.1 Å². The summed E-state index contributed by atoms with van der Waals surface area (Å²) in [5, 5.41) is 0.260. The Hall–Kier alpha value is -2.07. The topological polar surface area (TPSA) is 69.7 Å². The minimum atomic E-state index is -3.69. The number of carbonyl (C=O) groups is 2. The Balaban J connectivity index is 2.71. The van der Waals surface area contributed by atoms with Crippen molar-refractivity contribution in [2.45, 2.75) is 40.5 Å². The van der Waals surface area contributed by atoms with E-state index >= 15 is 0 Å². The molecular weight excluding hydrogens is 387 g/mol. The first-order valence-electron chi connectivity index (χ1n) is 9.78. The SMILES string of the molecule is CCOP(=O)(OCC)c1ccccc1C(C(=O)c1ccccc1)C(=O)C(C)(C)C.